The maximum atomic E-state index is 11.4. The zero-order valence-corrected chi connectivity index (χ0v) is 9.58. The van der Waals surface area contributed by atoms with Crippen LogP contribution >= 0.6 is 0 Å². The van der Waals surface area contributed by atoms with Crippen molar-refractivity contribution in [2.24, 2.45) is 0 Å². The lowest BCUT2D eigenvalue weighted by atomic mass is 10.1. The Hall–Kier alpha value is -1.75. The molecule has 0 atom stereocenters. The van der Waals surface area contributed by atoms with Crippen LogP contribution < -0.4 is 11.5 Å². The summed E-state index contributed by atoms with van der Waals surface area (Å²) in [4.78, 5) is 0.248. The normalized spacial score (nSPS) is 11.8. The van der Waals surface area contributed by atoms with Gasteiger partial charge >= 0.3 is 0 Å². The Bertz CT molecular complexity index is 663. The Balaban J connectivity index is 2.86. The number of hydrogen-bond acceptors (Lipinski definition) is 4. The Kier molecular flexibility index (Phi) is 2.27. The Morgan fingerprint density at radius 2 is 1.50 bits per heavy atom. The van der Waals surface area contributed by atoms with Gasteiger partial charge in [0.05, 0.1) is 4.90 Å². The molecule has 0 amide bonds. The fourth-order valence-corrected chi connectivity index (χ4v) is 2.25. The van der Waals surface area contributed by atoms with Gasteiger partial charge in [-0.3, -0.25) is 0 Å². The summed E-state index contributed by atoms with van der Waals surface area (Å²) >= 11 is 0. The van der Waals surface area contributed by atoms with Gasteiger partial charge in [-0.1, -0.05) is 6.07 Å². The first kappa shape index (κ1) is 10.8. The molecule has 0 radical (unpaired) electrons. The number of nitrogen functional groups attached to an aromatic ring is 2. The highest BCUT2D eigenvalue weighted by Crippen LogP contribution is 2.28. The number of sulfone groups is 1. The van der Waals surface area contributed by atoms with Crippen LogP contribution in [0.15, 0.2) is 35.2 Å². The SMILES string of the molecule is CS(=O)(=O)c1ccc2c(N)ccc(N)c2c1. The Morgan fingerprint density at radius 3 is 2.06 bits per heavy atom. The fraction of sp³-hybridized carbons (Fsp3) is 0.0909. The molecule has 5 heteroatoms. The average Bonchev–Trinajstić information content (AvgIpc) is 2.22. The van der Waals surface area contributed by atoms with Gasteiger partial charge in [-0.05, 0) is 24.3 Å². The smallest absolute Gasteiger partial charge is 0.175 e. The molecular formula is C11H12N2O2S. The van der Waals surface area contributed by atoms with Crippen LogP contribution in [-0.4, -0.2) is 14.7 Å². The predicted octanol–water partition coefficient (Wildman–Crippen LogP) is 1.41. The molecule has 0 aromatic heterocycles. The van der Waals surface area contributed by atoms with E-state index in [1.165, 1.54) is 6.07 Å². The van der Waals surface area contributed by atoms with Crippen molar-refractivity contribution in [1.29, 1.82) is 0 Å². The van der Waals surface area contributed by atoms with E-state index in [0.717, 1.165) is 11.6 Å². The van der Waals surface area contributed by atoms with Crippen LogP contribution in [0, 0.1) is 0 Å². The van der Waals surface area contributed by atoms with E-state index in [2.05, 4.69) is 0 Å². The molecule has 0 fully saturated rings. The molecule has 0 saturated heterocycles. The van der Waals surface area contributed by atoms with Crippen molar-refractivity contribution in [3.8, 4) is 0 Å². The van der Waals surface area contributed by atoms with Gasteiger partial charge in [0.15, 0.2) is 9.84 Å². The molecule has 2 rings (SSSR count). The molecule has 2 aromatic rings. The van der Waals surface area contributed by atoms with Crippen LogP contribution in [0.1, 0.15) is 0 Å². The van der Waals surface area contributed by atoms with Gasteiger partial charge in [0.1, 0.15) is 0 Å². The quantitative estimate of drug-likeness (QED) is 0.733. The van der Waals surface area contributed by atoms with Crippen LogP contribution in [0.3, 0.4) is 0 Å². The third kappa shape index (κ3) is 1.69. The zero-order valence-electron chi connectivity index (χ0n) is 8.77. The zero-order chi connectivity index (χ0) is 11.9. The number of hydrogen-bond donors (Lipinski definition) is 2. The van der Waals surface area contributed by atoms with Gasteiger partial charge in [-0.25, -0.2) is 8.42 Å². The molecule has 16 heavy (non-hydrogen) atoms. The van der Waals surface area contributed by atoms with Gasteiger partial charge in [0, 0.05) is 28.4 Å². The predicted molar refractivity (Wildman–Crippen MR) is 65.9 cm³/mol. The average molecular weight is 236 g/mol. The Morgan fingerprint density at radius 1 is 0.938 bits per heavy atom. The molecule has 0 unspecified atom stereocenters. The molecule has 4 nitrogen and oxygen atoms in total. The first-order valence-corrected chi connectivity index (χ1v) is 6.56. The number of fused-ring (bicyclic) bond motifs is 1. The summed E-state index contributed by atoms with van der Waals surface area (Å²) in [7, 11) is -3.22. The number of benzene rings is 2. The lowest BCUT2D eigenvalue weighted by molar-refractivity contribution is 0.602. The van der Waals surface area contributed by atoms with Crippen molar-refractivity contribution < 1.29 is 8.42 Å². The minimum Gasteiger partial charge on any atom is -0.398 e. The summed E-state index contributed by atoms with van der Waals surface area (Å²) in [6.07, 6.45) is 1.16. The van der Waals surface area contributed by atoms with E-state index in [4.69, 9.17) is 11.5 Å². The lowest BCUT2D eigenvalue weighted by Gasteiger charge is -2.07. The third-order valence-corrected chi connectivity index (χ3v) is 3.59. The van der Waals surface area contributed by atoms with Crippen molar-refractivity contribution >= 4 is 32.0 Å². The van der Waals surface area contributed by atoms with Crippen molar-refractivity contribution in [1.82, 2.24) is 0 Å². The van der Waals surface area contributed by atoms with Crippen LogP contribution in [0.2, 0.25) is 0 Å². The summed E-state index contributed by atoms with van der Waals surface area (Å²) in [6.45, 7) is 0. The number of rotatable bonds is 1. The highest BCUT2D eigenvalue weighted by atomic mass is 32.2. The Labute approximate surface area is 93.8 Å². The number of anilines is 2. The molecule has 0 bridgehead atoms. The minimum absolute atomic E-state index is 0.248. The molecular weight excluding hydrogens is 224 g/mol. The van der Waals surface area contributed by atoms with E-state index in [-0.39, 0.29) is 4.90 Å². The lowest BCUT2D eigenvalue weighted by Crippen LogP contribution is -1.98. The second-order valence-electron chi connectivity index (χ2n) is 3.72. The molecule has 0 aliphatic heterocycles. The molecule has 0 heterocycles. The molecule has 0 aliphatic rings. The maximum Gasteiger partial charge on any atom is 0.175 e. The van der Waals surface area contributed by atoms with Crippen molar-refractivity contribution in [3.05, 3.63) is 30.3 Å². The standard InChI is InChI=1S/C11H12N2O2S/c1-16(14,15)7-2-3-8-9(6-7)11(13)5-4-10(8)12/h2-6H,12-13H2,1H3. The maximum absolute atomic E-state index is 11.4. The largest absolute Gasteiger partial charge is 0.398 e. The van der Waals surface area contributed by atoms with E-state index in [9.17, 15) is 8.42 Å². The molecule has 4 N–H and O–H groups in total. The van der Waals surface area contributed by atoms with E-state index < -0.39 is 9.84 Å². The minimum atomic E-state index is -3.22. The van der Waals surface area contributed by atoms with Gasteiger partial charge in [-0.15, -0.1) is 0 Å². The number of nitrogens with two attached hydrogens (primary N) is 2. The fourth-order valence-electron chi connectivity index (χ4n) is 1.60. The summed E-state index contributed by atoms with van der Waals surface area (Å²) < 4.78 is 22.8. The molecule has 0 spiro atoms. The second kappa shape index (κ2) is 3.38. The highest BCUT2D eigenvalue weighted by Gasteiger charge is 2.09. The van der Waals surface area contributed by atoms with Crippen molar-refractivity contribution in [3.63, 3.8) is 0 Å². The van der Waals surface area contributed by atoms with Crippen molar-refractivity contribution in [2.75, 3.05) is 17.7 Å². The van der Waals surface area contributed by atoms with E-state index in [0.29, 0.717) is 16.8 Å². The summed E-state index contributed by atoms with van der Waals surface area (Å²) in [6, 6.07) is 8.14. The van der Waals surface area contributed by atoms with Crippen molar-refractivity contribution in [2.45, 2.75) is 4.90 Å². The van der Waals surface area contributed by atoms with Crippen LogP contribution in [0.4, 0.5) is 11.4 Å². The monoisotopic (exact) mass is 236 g/mol. The van der Waals surface area contributed by atoms with Crippen LogP contribution in [0.25, 0.3) is 10.8 Å². The summed E-state index contributed by atoms with van der Waals surface area (Å²) in [5, 5.41) is 1.44. The van der Waals surface area contributed by atoms with Gasteiger partial charge < -0.3 is 11.5 Å². The molecule has 84 valence electrons. The summed E-state index contributed by atoms with van der Waals surface area (Å²) in [5.74, 6) is 0. The highest BCUT2D eigenvalue weighted by molar-refractivity contribution is 7.90. The van der Waals surface area contributed by atoms with Crippen LogP contribution in [0.5, 0.6) is 0 Å². The van der Waals surface area contributed by atoms with Gasteiger partial charge in [0.2, 0.25) is 0 Å². The molecule has 2 aromatic carbocycles. The second-order valence-corrected chi connectivity index (χ2v) is 5.74. The van der Waals surface area contributed by atoms with E-state index in [1.54, 1.807) is 24.3 Å². The van der Waals surface area contributed by atoms with E-state index >= 15 is 0 Å². The molecule has 0 aliphatic carbocycles. The molecule has 0 saturated carbocycles. The first-order chi connectivity index (χ1) is 7.39. The summed E-state index contributed by atoms with van der Waals surface area (Å²) in [5.41, 5.74) is 12.7. The third-order valence-electron chi connectivity index (χ3n) is 2.48. The first-order valence-electron chi connectivity index (χ1n) is 4.67. The van der Waals surface area contributed by atoms with Crippen LogP contribution in [-0.2, 0) is 9.84 Å². The van der Waals surface area contributed by atoms with Gasteiger partial charge in [-0.2, -0.15) is 0 Å². The van der Waals surface area contributed by atoms with E-state index in [1.807, 2.05) is 0 Å². The van der Waals surface area contributed by atoms with Gasteiger partial charge in [0.25, 0.3) is 0 Å². The topological polar surface area (TPSA) is 86.2 Å².